The normalized spacial score (nSPS) is 11.1. The van der Waals surface area contributed by atoms with Gasteiger partial charge in [-0.05, 0) is 12.1 Å². The summed E-state index contributed by atoms with van der Waals surface area (Å²) in [5.41, 5.74) is -0.420. The van der Waals surface area contributed by atoms with E-state index >= 15 is 0 Å². The Kier molecular flexibility index (Phi) is 3.12. The number of halogens is 1. The molecule has 78 valence electrons. The highest BCUT2D eigenvalue weighted by molar-refractivity contribution is 5.90. The second-order valence-electron chi connectivity index (χ2n) is 2.61. The first kappa shape index (κ1) is 10.8. The molecule has 6 heteroatoms. The van der Waals surface area contributed by atoms with E-state index < -0.39 is 16.7 Å². The van der Waals surface area contributed by atoms with Crippen molar-refractivity contribution in [3.63, 3.8) is 0 Å². The molecule has 0 spiro atoms. The number of benzene rings is 1. The van der Waals surface area contributed by atoms with Gasteiger partial charge in [-0.2, -0.15) is 4.39 Å². The van der Waals surface area contributed by atoms with E-state index in [2.05, 4.69) is 0 Å². The molecule has 0 aliphatic rings. The van der Waals surface area contributed by atoms with Gasteiger partial charge in [0.1, 0.15) is 0 Å². The van der Waals surface area contributed by atoms with Crippen molar-refractivity contribution in [2.24, 2.45) is 0 Å². The van der Waals surface area contributed by atoms with Crippen molar-refractivity contribution in [1.82, 2.24) is 0 Å². The molecular formula is C9H6FNO4. The minimum absolute atomic E-state index is 0.0811. The summed E-state index contributed by atoms with van der Waals surface area (Å²) in [5.74, 6) is -3.20. The van der Waals surface area contributed by atoms with Gasteiger partial charge in [0, 0.05) is 6.07 Å². The highest BCUT2D eigenvalue weighted by Crippen LogP contribution is 2.20. The van der Waals surface area contributed by atoms with Crippen LogP contribution in [0.15, 0.2) is 30.1 Å². The van der Waals surface area contributed by atoms with E-state index in [-0.39, 0.29) is 11.3 Å². The number of para-hydroxylation sites is 1. The van der Waals surface area contributed by atoms with Gasteiger partial charge in [-0.15, -0.1) is 0 Å². The number of rotatable bonds is 3. The van der Waals surface area contributed by atoms with Gasteiger partial charge in [-0.25, -0.2) is 4.79 Å². The first-order valence-corrected chi connectivity index (χ1v) is 3.86. The molecule has 0 bridgehead atoms. The van der Waals surface area contributed by atoms with Crippen molar-refractivity contribution in [3.8, 4) is 0 Å². The molecule has 0 unspecified atom stereocenters. The van der Waals surface area contributed by atoms with Crippen molar-refractivity contribution in [3.05, 3.63) is 45.8 Å². The molecule has 0 aliphatic carbocycles. The van der Waals surface area contributed by atoms with Gasteiger partial charge in [-0.1, -0.05) is 12.1 Å². The van der Waals surface area contributed by atoms with Crippen LogP contribution in [0.25, 0.3) is 6.08 Å². The standard InChI is InChI=1S/C9H6FNO4/c10-7(9(12)13)5-6-3-1-2-4-8(6)11(14)15/h1-5H,(H,12,13). The molecule has 0 atom stereocenters. The molecule has 1 rings (SSSR count). The summed E-state index contributed by atoms with van der Waals surface area (Å²) < 4.78 is 12.7. The number of carboxylic acid groups (broad SMARTS) is 1. The van der Waals surface area contributed by atoms with Crippen LogP contribution in [-0.2, 0) is 4.79 Å². The summed E-state index contributed by atoms with van der Waals surface area (Å²) in [4.78, 5) is 19.9. The van der Waals surface area contributed by atoms with E-state index in [1.165, 1.54) is 24.3 Å². The van der Waals surface area contributed by atoms with Gasteiger partial charge in [-0.3, -0.25) is 10.1 Å². The predicted octanol–water partition coefficient (Wildman–Crippen LogP) is 1.99. The SMILES string of the molecule is O=C(O)C(F)=Cc1ccccc1[N+](=O)[O-]. The lowest BCUT2D eigenvalue weighted by atomic mass is 10.1. The Balaban J connectivity index is 3.20. The molecule has 1 aromatic rings. The summed E-state index contributed by atoms with van der Waals surface area (Å²) in [6, 6.07) is 5.30. The van der Waals surface area contributed by atoms with E-state index in [9.17, 15) is 19.3 Å². The smallest absolute Gasteiger partial charge is 0.364 e. The van der Waals surface area contributed by atoms with Crippen molar-refractivity contribution < 1.29 is 19.2 Å². The highest BCUT2D eigenvalue weighted by Gasteiger charge is 2.13. The Hall–Kier alpha value is -2.24. The fourth-order valence-electron chi connectivity index (χ4n) is 0.974. The number of hydrogen-bond donors (Lipinski definition) is 1. The average Bonchev–Trinajstić information content (AvgIpc) is 2.18. The lowest BCUT2D eigenvalue weighted by molar-refractivity contribution is -0.385. The second-order valence-corrected chi connectivity index (χ2v) is 2.61. The van der Waals surface area contributed by atoms with Crippen LogP contribution in [0.4, 0.5) is 10.1 Å². The minimum Gasteiger partial charge on any atom is -0.476 e. The number of nitro benzene ring substituents is 1. The van der Waals surface area contributed by atoms with Crippen molar-refractivity contribution >= 4 is 17.7 Å². The number of nitro groups is 1. The van der Waals surface area contributed by atoms with E-state index in [4.69, 9.17) is 5.11 Å². The molecule has 1 N–H and O–H groups in total. The van der Waals surface area contributed by atoms with Gasteiger partial charge < -0.3 is 5.11 Å². The van der Waals surface area contributed by atoms with E-state index in [1.807, 2.05) is 0 Å². The first-order valence-electron chi connectivity index (χ1n) is 3.86. The fourth-order valence-corrected chi connectivity index (χ4v) is 0.974. The molecule has 15 heavy (non-hydrogen) atoms. The number of carboxylic acids is 1. The van der Waals surface area contributed by atoms with Crippen LogP contribution in [0.3, 0.4) is 0 Å². The van der Waals surface area contributed by atoms with Crippen LogP contribution in [0.5, 0.6) is 0 Å². The van der Waals surface area contributed by atoms with E-state index in [1.54, 1.807) is 0 Å². The molecule has 0 radical (unpaired) electrons. The third-order valence-electron chi connectivity index (χ3n) is 1.62. The van der Waals surface area contributed by atoms with Crippen molar-refractivity contribution in [2.75, 3.05) is 0 Å². The number of aliphatic carboxylic acids is 1. The maximum absolute atomic E-state index is 12.7. The Morgan fingerprint density at radius 3 is 2.60 bits per heavy atom. The summed E-state index contributed by atoms with van der Waals surface area (Å²) in [6.07, 6.45) is 0.612. The molecule has 0 amide bonds. The fraction of sp³-hybridized carbons (Fsp3) is 0. The lowest BCUT2D eigenvalue weighted by Gasteiger charge is -1.96. The molecule has 0 saturated carbocycles. The molecule has 0 heterocycles. The second kappa shape index (κ2) is 4.32. The van der Waals surface area contributed by atoms with Crippen molar-refractivity contribution in [1.29, 1.82) is 0 Å². The molecule has 0 fully saturated rings. The summed E-state index contributed by atoms with van der Waals surface area (Å²) in [5, 5.41) is 18.7. The maximum atomic E-state index is 12.7. The monoisotopic (exact) mass is 211 g/mol. The summed E-state index contributed by atoms with van der Waals surface area (Å²) in [7, 11) is 0. The van der Waals surface area contributed by atoms with Gasteiger partial charge >= 0.3 is 5.97 Å². The maximum Gasteiger partial charge on any atom is 0.364 e. The minimum atomic E-state index is -1.76. The molecule has 0 saturated heterocycles. The zero-order chi connectivity index (χ0) is 11.4. The van der Waals surface area contributed by atoms with Crippen LogP contribution in [-0.4, -0.2) is 16.0 Å². The number of carbonyl (C=O) groups is 1. The quantitative estimate of drug-likeness (QED) is 0.471. The first-order chi connectivity index (χ1) is 7.02. The topological polar surface area (TPSA) is 80.4 Å². The Bertz CT molecular complexity index is 441. The predicted molar refractivity (Wildman–Crippen MR) is 49.8 cm³/mol. The van der Waals surface area contributed by atoms with Crippen LogP contribution in [0.2, 0.25) is 0 Å². The molecule has 5 nitrogen and oxygen atoms in total. The van der Waals surface area contributed by atoms with Crippen LogP contribution < -0.4 is 0 Å². The Morgan fingerprint density at radius 1 is 1.47 bits per heavy atom. The average molecular weight is 211 g/mol. The zero-order valence-corrected chi connectivity index (χ0v) is 7.38. The third-order valence-corrected chi connectivity index (χ3v) is 1.62. The molecule has 0 aromatic heterocycles. The number of hydrogen-bond acceptors (Lipinski definition) is 3. The van der Waals surface area contributed by atoms with Crippen LogP contribution >= 0.6 is 0 Å². The highest BCUT2D eigenvalue weighted by atomic mass is 19.1. The van der Waals surface area contributed by atoms with Gasteiger partial charge in [0.05, 0.1) is 10.5 Å². The van der Waals surface area contributed by atoms with Crippen LogP contribution in [0.1, 0.15) is 5.56 Å². The molecule has 1 aromatic carbocycles. The van der Waals surface area contributed by atoms with Gasteiger partial charge in [0.15, 0.2) is 0 Å². The Morgan fingerprint density at radius 2 is 2.07 bits per heavy atom. The zero-order valence-electron chi connectivity index (χ0n) is 7.38. The molecule has 0 aliphatic heterocycles. The van der Waals surface area contributed by atoms with E-state index in [0.29, 0.717) is 6.08 Å². The van der Waals surface area contributed by atoms with Crippen molar-refractivity contribution in [2.45, 2.75) is 0 Å². The van der Waals surface area contributed by atoms with Gasteiger partial charge in [0.25, 0.3) is 5.69 Å². The summed E-state index contributed by atoms with van der Waals surface area (Å²) in [6.45, 7) is 0. The van der Waals surface area contributed by atoms with E-state index in [0.717, 1.165) is 0 Å². The van der Waals surface area contributed by atoms with Gasteiger partial charge in [0.2, 0.25) is 5.83 Å². The number of nitrogens with zero attached hydrogens (tertiary/aromatic N) is 1. The molecular weight excluding hydrogens is 205 g/mol. The lowest BCUT2D eigenvalue weighted by Crippen LogP contribution is -1.96. The summed E-state index contributed by atoms with van der Waals surface area (Å²) >= 11 is 0. The largest absolute Gasteiger partial charge is 0.476 e. The Labute approximate surface area is 83.6 Å². The van der Waals surface area contributed by atoms with Crippen LogP contribution in [0, 0.1) is 10.1 Å². The third kappa shape index (κ3) is 2.60.